The lowest BCUT2D eigenvalue weighted by molar-refractivity contribution is -0.148. The summed E-state index contributed by atoms with van der Waals surface area (Å²) in [6, 6.07) is 0. The lowest BCUT2D eigenvalue weighted by Gasteiger charge is -2.11. The Morgan fingerprint density at radius 3 is 2.79 bits per heavy atom. The number of carbonyl (C=O) groups excluding carboxylic acids is 2. The molecular formula is C9H12N2O3. The van der Waals surface area contributed by atoms with Gasteiger partial charge in [-0.25, -0.2) is 4.99 Å². The number of hydrogen-bond donors (Lipinski definition) is 0. The first-order chi connectivity index (χ1) is 6.69. The van der Waals surface area contributed by atoms with Gasteiger partial charge in [-0.2, -0.15) is 4.99 Å². The first-order valence-electron chi connectivity index (χ1n) is 4.51. The minimum atomic E-state index is -0.953. The summed E-state index contributed by atoms with van der Waals surface area (Å²) in [4.78, 5) is 30.1. The van der Waals surface area contributed by atoms with Gasteiger partial charge in [-0.15, -0.1) is 0 Å². The number of amides is 1. The Balaban J connectivity index is 2.69. The molecule has 76 valence electrons. The Morgan fingerprint density at radius 1 is 1.57 bits per heavy atom. The average molecular weight is 196 g/mol. The molecule has 0 fully saturated rings. The van der Waals surface area contributed by atoms with E-state index in [-0.39, 0.29) is 6.61 Å². The van der Waals surface area contributed by atoms with Crippen molar-refractivity contribution in [3.8, 4) is 0 Å². The molecule has 0 aromatic rings. The molecule has 0 aromatic carbocycles. The van der Waals surface area contributed by atoms with Gasteiger partial charge in [0, 0.05) is 12.6 Å². The fourth-order valence-corrected chi connectivity index (χ4v) is 1.01. The monoisotopic (exact) mass is 196 g/mol. The van der Waals surface area contributed by atoms with Crippen LogP contribution in [0.15, 0.2) is 9.98 Å². The van der Waals surface area contributed by atoms with Crippen LogP contribution in [-0.4, -0.2) is 30.5 Å². The van der Waals surface area contributed by atoms with E-state index in [1.165, 1.54) is 6.21 Å². The molecule has 0 N–H and O–H groups in total. The summed E-state index contributed by atoms with van der Waals surface area (Å²) in [5.74, 6) is -1.57. The van der Waals surface area contributed by atoms with Gasteiger partial charge in [-0.1, -0.05) is 6.92 Å². The van der Waals surface area contributed by atoms with Crippen molar-refractivity contribution < 1.29 is 14.3 Å². The van der Waals surface area contributed by atoms with Gasteiger partial charge in [0.05, 0.1) is 6.61 Å². The van der Waals surface area contributed by atoms with Crippen LogP contribution in [-0.2, 0) is 14.3 Å². The van der Waals surface area contributed by atoms with E-state index in [2.05, 4.69) is 9.98 Å². The molecule has 1 aliphatic heterocycles. The molecule has 1 aliphatic rings. The quantitative estimate of drug-likeness (QED) is 0.490. The second kappa shape index (κ2) is 4.64. The first-order valence-corrected chi connectivity index (χ1v) is 4.51. The van der Waals surface area contributed by atoms with E-state index >= 15 is 0 Å². The van der Waals surface area contributed by atoms with Gasteiger partial charge in [0.2, 0.25) is 0 Å². The van der Waals surface area contributed by atoms with Crippen LogP contribution in [0.5, 0.6) is 0 Å². The summed E-state index contributed by atoms with van der Waals surface area (Å²) in [5.41, 5.74) is 0. The number of ether oxygens (including phenoxy) is 1. The number of amidine groups is 1. The number of esters is 1. The maximum atomic E-state index is 11.3. The van der Waals surface area contributed by atoms with E-state index in [1.54, 1.807) is 6.92 Å². The van der Waals surface area contributed by atoms with Crippen LogP contribution >= 0.6 is 0 Å². The zero-order valence-corrected chi connectivity index (χ0v) is 8.19. The third-order valence-electron chi connectivity index (χ3n) is 1.73. The molecule has 0 aliphatic carbocycles. The summed E-state index contributed by atoms with van der Waals surface area (Å²) in [6.07, 6.45) is 1.88. The smallest absolute Gasteiger partial charge is 0.324 e. The normalized spacial score (nSPS) is 20.6. The van der Waals surface area contributed by atoms with Crippen LogP contribution in [0.2, 0.25) is 0 Å². The second-order valence-electron chi connectivity index (χ2n) is 2.73. The molecule has 0 saturated heterocycles. The lowest BCUT2D eigenvalue weighted by Crippen LogP contribution is -2.29. The van der Waals surface area contributed by atoms with Crippen molar-refractivity contribution in [1.82, 2.24) is 0 Å². The molecule has 1 rings (SSSR count). The molecular weight excluding hydrogens is 184 g/mol. The molecule has 14 heavy (non-hydrogen) atoms. The lowest BCUT2D eigenvalue weighted by atomic mass is 10.1. The van der Waals surface area contributed by atoms with Crippen LogP contribution in [0.4, 0.5) is 0 Å². The molecule has 0 spiro atoms. The van der Waals surface area contributed by atoms with E-state index in [0.717, 1.165) is 0 Å². The van der Waals surface area contributed by atoms with Crippen LogP contribution < -0.4 is 0 Å². The van der Waals surface area contributed by atoms with Crippen molar-refractivity contribution in [2.75, 3.05) is 6.61 Å². The molecule has 5 heteroatoms. The van der Waals surface area contributed by atoms with E-state index in [9.17, 15) is 9.59 Å². The van der Waals surface area contributed by atoms with Gasteiger partial charge < -0.3 is 4.74 Å². The third kappa shape index (κ3) is 2.25. The largest absolute Gasteiger partial charge is 0.465 e. The number of carbonyl (C=O) groups is 2. The molecule has 0 bridgehead atoms. The van der Waals surface area contributed by atoms with Crippen molar-refractivity contribution in [3.63, 3.8) is 0 Å². The molecule has 1 amide bonds. The Labute approximate surface area is 81.9 Å². The SMILES string of the molecule is CCOC(=O)C1C=NC(CC)=NC1=O. The Kier molecular flexibility index (Phi) is 3.50. The molecule has 1 unspecified atom stereocenters. The van der Waals surface area contributed by atoms with Gasteiger partial charge in [0.15, 0.2) is 5.92 Å². The predicted octanol–water partition coefficient (Wildman–Crippen LogP) is 0.585. The highest BCUT2D eigenvalue weighted by molar-refractivity contribution is 6.18. The highest BCUT2D eigenvalue weighted by Gasteiger charge is 2.28. The van der Waals surface area contributed by atoms with Crippen molar-refractivity contribution in [2.45, 2.75) is 20.3 Å². The molecule has 5 nitrogen and oxygen atoms in total. The zero-order valence-electron chi connectivity index (χ0n) is 8.19. The van der Waals surface area contributed by atoms with Crippen LogP contribution in [0.3, 0.4) is 0 Å². The van der Waals surface area contributed by atoms with E-state index in [1.807, 2.05) is 6.92 Å². The maximum Gasteiger partial charge on any atom is 0.324 e. The molecule has 0 radical (unpaired) electrons. The Bertz CT molecular complexity index is 307. The minimum Gasteiger partial charge on any atom is -0.465 e. The van der Waals surface area contributed by atoms with E-state index in [0.29, 0.717) is 12.3 Å². The maximum absolute atomic E-state index is 11.3. The zero-order chi connectivity index (χ0) is 10.6. The van der Waals surface area contributed by atoms with Crippen LogP contribution in [0.1, 0.15) is 20.3 Å². The van der Waals surface area contributed by atoms with Gasteiger partial charge in [0.1, 0.15) is 5.84 Å². The van der Waals surface area contributed by atoms with Crippen molar-refractivity contribution >= 4 is 23.9 Å². The Hall–Kier alpha value is -1.52. The summed E-state index contributed by atoms with van der Waals surface area (Å²) < 4.78 is 4.70. The number of aliphatic imine (C=N–C) groups is 2. The summed E-state index contributed by atoms with van der Waals surface area (Å²) in [5, 5.41) is 0. The molecule has 0 saturated carbocycles. The third-order valence-corrected chi connectivity index (χ3v) is 1.73. The number of rotatable bonds is 3. The van der Waals surface area contributed by atoms with Crippen LogP contribution in [0.25, 0.3) is 0 Å². The van der Waals surface area contributed by atoms with Crippen LogP contribution in [0, 0.1) is 5.92 Å². The first kappa shape index (κ1) is 10.6. The van der Waals surface area contributed by atoms with E-state index < -0.39 is 17.8 Å². The van der Waals surface area contributed by atoms with Crippen molar-refractivity contribution in [1.29, 1.82) is 0 Å². The number of nitrogens with zero attached hydrogens (tertiary/aromatic N) is 2. The fraction of sp³-hybridized carbons (Fsp3) is 0.556. The summed E-state index contributed by atoms with van der Waals surface area (Å²) in [6.45, 7) is 3.78. The van der Waals surface area contributed by atoms with Gasteiger partial charge in [-0.05, 0) is 6.92 Å². The molecule has 1 heterocycles. The van der Waals surface area contributed by atoms with Gasteiger partial charge >= 0.3 is 5.97 Å². The van der Waals surface area contributed by atoms with Gasteiger partial charge in [0.25, 0.3) is 5.91 Å². The van der Waals surface area contributed by atoms with Crippen molar-refractivity contribution in [2.24, 2.45) is 15.9 Å². The van der Waals surface area contributed by atoms with Crippen molar-refractivity contribution in [3.05, 3.63) is 0 Å². The fourth-order valence-electron chi connectivity index (χ4n) is 1.01. The Morgan fingerprint density at radius 2 is 2.29 bits per heavy atom. The average Bonchev–Trinajstić information content (AvgIpc) is 2.17. The summed E-state index contributed by atoms with van der Waals surface area (Å²) in [7, 11) is 0. The highest BCUT2D eigenvalue weighted by Crippen LogP contribution is 2.07. The predicted molar refractivity (Wildman–Crippen MR) is 51.3 cm³/mol. The minimum absolute atomic E-state index is 0.251. The highest BCUT2D eigenvalue weighted by atomic mass is 16.5. The second-order valence-corrected chi connectivity index (χ2v) is 2.73. The molecule has 0 aromatic heterocycles. The van der Waals surface area contributed by atoms with Gasteiger partial charge in [-0.3, -0.25) is 9.59 Å². The standard InChI is InChI=1S/C9H12N2O3/c1-3-7-10-5-6(8(12)11-7)9(13)14-4-2/h5-6H,3-4H2,1-2H3. The summed E-state index contributed by atoms with van der Waals surface area (Å²) >= 11 is 0. The topological polar surface area (TPSA) is 68.1 Å². The molecule has 1 atom stereocenters. The van der Waals surface area contributed by atoms with E-state index in [4.69, 9.17) is 4.74 Å². The number of hydrogen-bond acceptors (Lipinski definition) is 4.